The van der Waals surface area contributed by atoms with Crippen LogP contribution in [0.3, 0.4) is 0 Å². The zero-order valence-corrected chi connectivity index (χ0v) is 14.2. The Kier molecular flexibility index (Phi) is 6.31. The number of nitrogens with zero attached hydrogens (tertiary/aromatic N) is 1. The third-order valence-corrected chi connectivity index (χ3v) is 4.57. The fourth-order valence-electron chi connectivity index (χ4n) is 2.64. The van der Waals surface area contributed by atoms with Gasteiger partial charge in [-0.25, -0.2) is 0 Å². The summed E-state index contributed by atoms with van der Waals surface area (Å²) in [6, 6.07) is 3.58. The maximum Gasteiger partial charge on any atom is 0.120 e. The molecule has 0 spiro atoms. The van der Waals surface area contributed by atoms with E-state index in [9.17, 15) is 0 Å². The highest BCUT2D eigenvalue weighted by Gasteiger charge is 2.21. The van der Waals surface area contributed by atoms with Crippen molar-refractivity contribution in [3.8, 4) is 0 Å². The Hall–Kier alpha value is -0.800. The van der Waals surface area contributed by atoms with Gasteiger partial charge in [0.2, 0.25) is 0 Å². The highest BCUT2D eigenvalue weighted by molar-refractivity contribution is 5.20. The van der Waals surface area contributed by atoms with Gasteiger partial charge in [0, 0.05) is 12.1 Å². The molecule has 1 N–H and O–H groups in total. The monoisotopic (exact) mass is 292 g/mol. The number of aryl methyl sites for hydroxylation is 1. The van der Waals surface area contributed by atoms with Crippen molar-refractivity contribution in [3.05, 3.63) is 23.2 Å². The summed E-state index contributed by atoms with van der Waals surface area (Å²) in [6.07, 6.45) is 6.36. The van der Waals surface area contributed by atoms with E-state index in [1.54, 1.807) is 0 Å². The number of hydrogen-bond donors (Lipinski definition) is 1. The van der Waals surface area contributed by atoms with Crippen LogP contribution in [0.5, 0.6) is 0 Å². The predicted molar refractivity (Wildman–Crippen MR) is 88.4 cm³/mol. The lowest BCUT2D eigenvalue weighted by atomic mass is 10.2. The normalized spacial score (nSPS) is 16.6. The first-order valence-corrected chi connectivity index (χ1v) is 8.69. The maximum absolute atomic E-state index is 6.09. The molecule has 3 nitrogen and oxygen atoms in total. The van der Waals surface area contributed by atoms with E-state index in [2.05, 4.69) is 44.0 Å². The van der Waals surface area contributed by atoms with Crippen LogP contribution in [0.15, 0.2) is 10.5 Å². The Bertz CT molecular complexity index is 423. The molecule has 1 saturated carbocycles. The van der Waals surface area contributed by atoms with Crippen LogP contribution >= 0.6 is 0 Å². The van der Waals surface area contributed by atoms with E-state index in [0.717, 1.165) is 30.7 Å². The molecule has 1 aromatic rings. The zero-order valence-electron chi connectivity index (χ0n) is 14.2. The highest BCUT2D eigenvalue weighted by atomic mass is 16.3. The van der Waals surface area contributed by atoms with Crippen molar-refractivity contribution in [2.24, 2.45) is 0 Å². The average Bonchev–Trinajstić information content (AvgIpc) is 3.24. The molecule has 0 aliphatic heterocycles. The van der Waals surface area contributed by atoms with E-state index >= 15 is 0 Å². The number of furan rings is 1. The van der Waals surface area contributed by atoms with E-state index in [4.69, 9.17) is 4.42 Å². The van der Waals surface area contributed by atoms with Gasteiger partial charge in [0.05, 0.1) is 13.1 Å². The first kappa shape index (κ1) is 16.6. The molecular formula is C18H32N2O. The van der Waals surface area contributed by atoms with Crippen LogP contribution in [0.2, 0.25) is 0 Å². The molecule has 0 amide bonds. The lowest BCUT2D eigenvalue weighted by molar-refractivity contribution is 0.176. The second-order valence-electron chi connectivity index (χ2n) is 6.56. The average molecular weight is 292 g/mol. The summed E-state index contributed by atoms with van der Waals surface area (Å²) in [5.41, 5.74) is 1.29. The largest absolute Gasteiger partial charge is 0.463 e. The summed E-state index contributed by atoms with van der Waals surface area (Å²) < 4.78 is 6.09. The second kappa shape index (κ2) is 8.00. The topological polar surface area (TPSA) is 28.4 Å². The molecule has 1 aliphatic carbocycles. The van der Waals surface area contributed by atoms with Crippen molar-refractivity contribution in [3.63, 3.8) is 0 Å². The Morgan fingerprint density at radius 2 is 2.14 bits per heavy atom. The molecule has 1 unspecified atom stereocenters. The summed E-state index contributed by atoms with van der Waals surface area (Å²) in [4.78, 5) is 2.56. The van der Waals surface area contributed by atoms with Gasteiger partial charge in [-0.3, -0.25) is 4.90 Å². The van der Waals surface area contributed by atoms with Crippen LogP contribution in [0.25, 0.3) is 0 Å². The molecule has 0 aromatic carbocycles. The highest BCUT2D eigenvalue weighted by Crippen LogP contribution is 2.22. The number of hydrogen-bond acceptors (Lipinski definition) is 3. The summed E-state index contributed by atoms with van der Waals surface area (Å²) in [6.45, 7) is 12.0. The Balaban J connectivity index is 1.93. The van der Waals surface area contributed by atoms with Gasteiger partial charge in [-0.05, 0) is 57.7 Å². The first-order valence-electron chi connectivity index (χ1n) is 8.69. The van der Waals surface area contributed by atoms with Crippen molar-refractivity contribution < 1.29 is 4.42 Å². The molecule has 120 valence electrons. The molecule has 1 atom stereocenters. The van der Waals surface area contributed by atoms with Crippen molar-refractivity contribution in [1.82, 2.24) is 10.2 Å². The Morgan fingerprint density at radius 3 is 2.76 bits per heavy atom. The fraction of sp³-hybridized carbons (Fsp3) is 0.778. The number of rotatable bonds is 10. The van der Waals surface area contributed by atoms with Crippen LogP contribution < -0.4 is 5.32 Å². The summed E-state index contributed by atoms with van der Waals surface area (Å²) in [7, 11) is 0. The summed E-state index contributed by atoms with van der Waals surface area (Å²) in [5.74, 6) is 2.24. The third-order valence-electron chi connectivity index (χ3n) is 4.57. The fourth-order valence-corrected chi connectivity index (χ4v) is 2.64. The summed E-state index contributed by atoms with van der Waals surface area (Å²) >= 11 is 0. The smallest absolute Gasteiger partial charge is 0.120 e. The lowest BCUT2D eigenvalue weighted by Crippen LogP contribution is -2.32. The van der Waals surface area contributed by atoms with Gasteiger partial charge in [0.25, 0.3) is 0 Å². The van der Waals surface area contributed by atoms with Gasteiger partial charge in [-0.1, -0.05) is 20.3 Å². The molecule has 1 aromatic heterocycles. The maximum atomic E-state index is 6.09. The first-order chi connectivity index (χ1) is 10.1. The van der Waals surface area contributed by atoms with Gasteiger partial charge in [-0.2, -0.15) is 0 Å². The quantitative estimate of drug-likeness (QED) is 0.699. The minimum absolute atomic E-state index is 0.620. The van der Waals surface area contributed by atoms with Crippen LogP contribution in [0.4, 0.5) is 0 Å². The minimum atomic E-state index is 0.620. The molecule has 2 rings (SSSR count). The SMILES string of the molecule is CCCCN(Cc1cc(C)c(CNC2CC2)o1)C(C)CC. The molecule has 1 heterocycles. The molecule has 1 fully saturated rings. The molecule has 0 saturated heterocycles. The van der Waals surface area contributed by atoms with Crippen LogP contribution in [-0.2, 0) is 13.1 Å². The number of unbranched alkanes of at least 4 members (excludes halogenated alkanes) is 1. The second-order valence-corrected chi connectivity index (χ2v) is 6.56. The molecular weight excluding hydrogens is 260 g/mol. The zero-order chi connectivity index (χ0) is 15.2. The van der Waals surface area contributed by atoms with Crippen LogP contribution in [0, 0.1) is 6.92 Å². The van der Waals surface area contributed by atoms with E-state index < -0.39 is 0 Å². The van der Waals surface area contributed by atoms with Crippen molar-refractivity contribution in [2.45, 2.75) is 85.0 Å². The van der Waals surface area contributed by atoms with Crippen LogP contribution in [-0.4, -0.2) is 23.5 Å². The molecule has 0 radical (unpaired) electrons. The molecule has 0 bridgehead atoms. The number of nitrogens with one attached hydrogen (secondary N) is 1. The minimum Gasteiger partial charge on any atom is -0.463 e. The van der Waals surface area contributed by atoms with Crippen LogP contribution in [0.1, 0.15) is 70.0 Å². The lowest BCUT2D eigenvalue weighted by Gasteiger charge is -2.27. The van der Waals surface area contributed by atoms with E-state index in [1.165, 1.54) is 44.2 Å². The molecule has 21 heavy (non-hydrogen) atoms. The van der Waals surface area contributed by atoms with Crippen molar-refractivity contribution >= 4 is 0 Å². The molecule has 3 heteroatoms. The van der Waals surface area contributed by atoms with E-state index in [-0.39, 0.29) is 0 Å². The van der Waals surface area contributed by atoms with Crippen molar-refractivity contribution in [1.29, 1.82) is 0 Å². The van der Waals surface area contributed by atoms with Gasteiger partial charge >= 0.3 is 0 Å². The van der Waals surface area contributed by atoms with E-state index in [1.807, 2.05) is 0 Å². The van der Waals surface area contributed by atoms with Gasteiger partial charge < -0.3 is 9.73 Å². The Morgan fingerprint density at radius 1 is 1.38 bits per heavy atom. The van der Waals surface area contributed by atoms with E-state index in [0.29, 0.717) is 6.04 Å². The van der Waals surface area contributed by atoms with Gasteiger partial charge in [0.1, 0.15) is 11.5 Å². The van der Waals surface area contributed by atoms with Crippen molar-refractivity contribution in [2.75, 3.05) is 6.54 Å². The van der Waals surface area contributed by atoms with Gasteiger partial charge in [-0.15, -0.1) is 0 Å². The standard InChI is InChI=1S/C18H32N2O/c1-5-7-10-20(15(4)6-2)13-17-11-14(3)18(21-17)12-19-16-8-9-16/h11,15-16,19H,5-10,12-13H2,1-4H3. The third kappa shape index (κ3) is 5.15. The van der Waals surface area contributed by atoms with Gasteiger partial charge in [0.15, 0.2) is 0 Å². The Labute approximate surface area is 130 Å². The molecule has 1 aliphatic rings. The summed E-state index contributed by atoms with van der Waals surface area (Å²) in [5, 5.41) is 3.54. The predicted octanol–water partition coefficient (Wildman–Crippen LogP) is 4.24.